The summed E-state index contributed by atoms with van der Waals surface area (Å²) in [6.07, 6.45) is 5.00. The first-order valence-electron chi connectivity index (χ1n) is 13.3. The van der Waals surface area contributed by atoms with Crippen molar-refractivity contribution in [3.63, 3.8) is 0 Å². The molecule has 0 spiro atoms. The average Bonchev–Trinajstić information content (AvgIpc) is 3.40. The lowest BCUT2D eigenvalue weighted by molar-refractivity contribution is -0.0181. The highest BCUT2D eigenvalue weighted by atomic mass is 32.1. The van der Waals surface area contributed by atoms with Crippen molar-refractivity contribution < 1.29 is 14.0 Å². The molecule has 1 aromatic carbocycles. The van der Waals surface area contributed by atoms with E-state index < -0.39 is 11.7 Å². The van der Waals surface area contributed by atoms with Crippen LogP contribution in [0.3, 0.4) is 0 Å². The summed E-state index contributed by atoms with van der Waals surface area (Å²) in [6, 6.07) is 13.5. The van der Waals surface area contributed by atoms with Crippen molar-refractivity contribution >= 4 is 44.9 Å². The van der Waals surface area contributed by atoms with Crippen LogP contribution < -0.4 is 10.6 Å². The van der Waals surface area contributed by atoms with Crippen LogP contribution in [0.2, 0.25) is 0 Å². The Morgan fingerprint density at radius 2 is 1.90 bits per heavy atom. The smallest absolute Gasteiger partial charge is 0.271 e. The first-order chi connectivity index (χ1) is 19.0. The SMILES string of the molecule is CCNc1nc(-c2ccc(NC(=O)c3cc4cccnc4s3)c(F)c2)ccc1C(=O)N(CC)N1CCCCC1. The van der Waals surface area contributed by atoms with Gasteiger partial charge in [-0.2, -0.15) is 0 Å². The van der Waals surface area contributed by atoms with Gasteiger partial charge in [-0.05, 0) is 63.1 Å². The number of hydrogen-bond donors (Lipinski definition) is 2. The van der Waals surface area contributed by atoms with Crippen molar-refractivity contribution in [2.24, 2.45) is 0 Å². The van der Waals surface area contributed by atoms with Gasteiger partial charge in [0.1, 0.15) is 16.5 Å². The fourth-order valence-electron chi connectivity index (χ4n) is 4.77. The first kappa shape index (κ1) is 26.7. The number of nitrogens with one attached hydrogen (secondary N) is 2. The van der Waals surface area contributed by atoms with Gasteiger partial charge in [0.05, 0.1) is 21.8 Å². The molecule has 0 saturated carbocycles. The number of rotatable bonds is 8. The maximum atomic E-state index is 15.1. The van der Waals surface area contributed by atoms with Crippen molar-refractivity contribution in [1.29, 1.82) is 0 Å². The van der Waals surface area contributed by atoms with E-state index >= 15 is 4.39 Å². The van der Waals surface area contributed by atoms with Gasteiger partial charge in [-0.15, -0.1) is 11.3 Å². The Balaban J connectivity index is 1.36. The molecule has 2 N–H and O–H groups in total. The molecule has 0 bridgehead atoms. The standard InChI is InChI=1S/C29H31FN6O2S/c1-3-31-26-21(29(38)36(4-2)35-15-6-5-7-16-35)11-13-23(33-26)19-10-12-24(22(30)17-19)34-27(37)25-18-20-9-8-14-32-28(20)39-25/h8-14,17-18H,3-7,15-16H2,1-2H3,(H,31,33)(H,34,37). The number of nitrogens with zero attached hydrogens (tertiary/aromatic N) is 4. The van der Waals surface area contributed by atoms with Crippen LogP contribution in [0.25, 0.3) is 21.5 Å². The summed E-state index contributed by atoms with van der Waals surface area (Å²) >= 11 is 1.26. The predicted octanol–water partition coefficient (Wildman–Crippen LogP) is 6.04. The zero-order chi connectivity index (χ0) is 27.4. The summed E-state index contributed by atoms with van der Waals surface area (Å²) in [6.45, 7) is 6.80. The van der Waals surface area contributed by atoms with Gasteiger partial charge in [0.25, 0.3) is 11.8 Å². The molecule has 1 aliphatic heterocycles. The zero-order valence-corrected chi connectivity index (χ0v) is 22.9. The van der Waals surface area contributed by atoms with E-state index in [0.717, 1.165) is 36.1 Å². The Kier molecular flexibility index (Phi) is 8.13. The second kappa shape index (κ2) is 11.9. The molecule has 2 amide bonds. The quantitative estimate of drug-likeness (QED) is 0.280. The first-order valence-corrected chi connectivity index (χ1v) is 14.1. The van der Waals surface area contributed by atoms with Gasteiger partial charge < -0.3 is 10.6 Å². The molecule has 39 heavy (non-hydrogen) atoms. The molecule has 8 nitrogen and oxygen atoms in total. The molecule has 3 aromatic heterocycles. The number of thiophene rings is 1. The highest BCUT2D eigenvalue weighted by Crippen LogP contribution is 2.28. The lowest BCUT2D eigenvalue weighted by atomic mass is 10.1. The van der Waals surface area contributed by atoms with Crippen molar-refractivity contribution in [1.82, 2.24) is 20.0 Å². The number of pyridine rings is 2. The molecule has 0 radical (unpaired) electrons. The third kappa shape index (κ3) is 5.76. The number of hydrazine groups is 1. The fourth-order valence-corrected chi connectivity index (χ4v) is 5.67. The fraction of sp³-hybridized carbons (Fsp3) is 0.310. The van der Waals surface area contributed by atoms with E-state index in [1.165, 1.54) is 29.9 Å². The van der Waals surface area contributed by atoms with E-state index in [-0.39, 0.29) is 11.6 Å². The summed E-state index contributed by atoms with van der Waals surface area (Å²) in [4.78, 5) is 36.4. The van der Waals surface area contributed by atoms with E-state index in [9.17, 15) is 9.59 Å². The summed E-state index contributed by atoms with van der Waals surface area (Å²) in [7, 11) is 0. The Morgan fingerprint density at radius 1 is 1.08 bits per heavy atom. The monoisotopic (exact) mass is 546 g/mol. The van der Waals surface area contributed by atoms with Crippen LogP contribution in [-0.2, 0) is 0 Å². The third-order valence-corrected chi connectivity index (χ3v) is 7.77. The van der Waals surface area contributed by atoms with Gasteiger partial charge in [0.15, 0.2) is 0 Å². The van der Waals surface area contributed by atoms with Crippen LogP contribution in [0, 0.1) is 5.82 Å². The van der Waals surface area contributed by atoms with E-state index in [4.69, 9.17) is 0 Å². The molecule has 0 unspecified atom stereocenters. The Morgan fingerprint density at radius 3 is 2.62 bits per heavy atom. The van der Waals surface area contributed by atoms with Gasteiger partial charge >= 0.3 is 0 Å². The van der Waals surface area contributed by atoms with Crippen LogP contribution in [0.5, 0.6) is 0 Å². The van der Waals surface area contributed by atoms with Gasteiger partial charge in [0.2, 0.25) is 0 Å². The molecule has 1 fully saturated rings. The second-order valence-electron chi connectivity index (χ2n) is 9.32. The predicted molar refractivity (Wildman–Crippen MR) is 154 cm³/mol. The number of amides is 2. The van der Waals surface area contributed by atoms with Crippen LogP contribution in [-0.4, -0.2) is 58.0 Å². The van der Waals surface area contributed by atoms with Gasteiger partial charge in [-0.3, -0.25) is 14.6 Å². The molecule has 0 aliphatic carbocycles. The maximum absolute atomic E-state index is 15.1. The second-order valence-corrected chi connectivity index (χ2v) is 10.3. The molecule has 1 aliphatic rings. The third-order valence-electron chi connectivity index (χ3n) is 6.71. The summed E-state index contributed by atoms with van der Waals surface area (Å²) in [5.74, 6) is -0.606. The van der Waals surface area contributed by atoms with Gasteiger partial charge in [-0.25, -0.2) is 19.4 Å². The Hall–Kier alpha value is -3.89. The Bertz CT molecular complexity index is 1470. The lowest BCUT2D eigenvalue weighted by Crippen LogP contribution is -2.48. The van der Waals surface area contributed by atoms with Crippen LogP contribution in [0.15, 0.2) is 54.7 Å². The number of aromatic nitrogens is 2. The minimum absolute atomic E-state index is 0.0768. The molecule has 0 atom stereocenters. The van der Waals surface area contributed by atoms with E-state index in [1.807, 2.05) is 26.0 Å². The molecule has 202 valence electrons. The summed E-state index contributed by atoms with van der Waals surface area (Å²) in [5, 5.41) is 10.6. The van der Waals surface area contributed by atoms with Crippen LogP contribution in [0.4, 0.5) is 15.9 Å². The van der Waals surface area contributed by atoms with E-state index in [2.05, 4.69) is 25.6 Å². The number of halogens is 1. The van der Waals surface area contributed by atoms with E-state index in [1.54, 1.807) is 35.5 Å². The molecular formula is C29H31FN6O2S. The number of hydrogen-bond acceptors (Lipinski definition) is 7. The minimum Gasteiger partial charge on any atom is -0.370 e. The highest BCUT2D eigenvalue weighted by molar-refractivity contribution is 7.20. The molecule has 4 heterocycles. The number of carbonyl (C=O) groups is 2. The van der Waals surface area contributed by atoms with Crippen LogP contribution in [0.1, 0.15) is 53.1 Å². The minimum atomic E-state index is -0.575. The van der Waals surface area contributed by atoms with Crippen LogP contribution >= 0.6 is 11.3 Å². The number of benzene rings is 1. The largest absolute Gasteiger partial charge is 0.370 e. The number of piperidine rings is 1. The summed E-state index contributed by atoms with van der Waals surface area (Å²) in [5.41, 5.74) is 1.62. The molecule has 10 heteroatoms. The van der Waals surface area contributed by atoms with Crippen molar-refractivity contribution in [3.8, 4) is 11.3 Å². The number of carbonyl (C=O) groups excluding carboxylic acids is 2. The molecule has 5 rings (SSSR count). The summed E-state index contributed by atoms with van der Waals surface area (Å²) < 4.78 is 15.1. The van der Waals surface area contributed by atoms with Gasteiger partial charge in [0, 0.05) is 43.3 Å². The van der Waals surface area contributed by atoms with Gasteiger partial charge in [-0.1, -0.05) is 18.6 Å². The molecular weight excluding hydrogens is 515 g/mol. The molecule has 4 aromatic rings. The van der Waals surface area contributed by atoms with Crippen molar-refractivity contribution in [2.75, 3.05) is 36.8 Å². The molecule has 1 saturated heterocycles. The average molecular weight is 547 g/mol. The topological polar surface area (TPSA) is 90.5 Å². The van der Waals surface area contributed by atoms with Crippen molar-refractivity contribution in [3.05, 3.63) is 71.0 Å². The normalized spacial score (nSPS) is 13.8. The van der Waals surface area contributed by atoms with E-state index in [0.29, 0.717) is 40.6 Å². The van der Waals surface area contributed by atoms with Crippen molar-refractivity contribution in [2.45, 2.75) is 33.1 Å². The number of anilines is 2. The lowest BCUT2D eigenvalue weighted by Gasteiger charge is -2.37. The zero-order valence-electron chi connectivity index (χ0n) is 22.0. The maximum Gasteiger partial charge on any atom is 0.271 e. The number of fused-ring (bicyclic) bond motifs is 1. The highest BCUT2D eigenvalue weighted by Gasteiger charge is 2.25. The Labute approximate surface area is 230 Å².